The highest BCUT2D eigenvalue weighted by atomic mass is 16.6. The van der Waals surface area contributed by atoms with Crippen LogP contribution in [-0.4, -0.2) is 54.5 Å². The number of nitriles is 1. The van der Waals surface area contributed by atoms with Gasteiger partial charge < -0.3 is 20.1 Å². The largest absolute Gasteiger partial charge is 0.392 e. The molecule has 0 amide bonds. The number of nitrogens with one attached hydrogen (secondary N) is 1. The van der Waals surface area contributed by atoms with Crippen molar-refractivity contribution in [1.82, 2.24) is 9.55 Å². The van der Waals surface area contributed by atoms with Gasteiger partial charge in [0.1, 0.15) is 18.3 Å². The summed E-state index contributed by atoms with van der Waals surface area (Å²) in [6.45, 7) is 0.454. The van der Waals surface area contributed by atoms with Gasteiger partial charge in [0.25, 0.3) is 5.56 Å². The Morgan fingerprint density at radius 3 is 2.71 bits per heavy atom. The molecule has 1 fully saturated rings. The fraction of sp³-hybridized carbons (Fsp3) is 0.545. The van der Waals surface area contributed by atoms with Crippen LogP contribution in [0.1, 0.15) is 6.92 Å². The molecule has 1 aromatic rings. The van der Waals surface area contributed by atoms with E-state index in [1.165, 1.54) is 6.92 Å². The first kappa shape index (κ1) is 15.4. The lowest BCUT2D eigenvalue weighted by Gasteiger charge is -2.32. The minimum atomic E-state index is -2.04. The van der Waals surface area contributed by atoms with Crippen LogP contribution in [0, 0.1) is 11.3 Å². The Bertz CT molecular complexity index is 642. The van der Waals surface area contributed by atoms with Crippen LogP contribution in [0.5, 0.6) is 0 Å². The maximum Gasteiger partial charge on any atom is 0.274 e. The molecule has 0 aromatic carbocycles. The monoisotopic (exact) mass is 298 g/mol. The van der Waals surface area contributed by atoms with Crippen molar-refractivity contribution >= 4 is 5.95 Å². The molecule has 10 heteroatoms. The SMILES string of the molecule is C[C@@]1(n2ccc(=O)nc2NO)O[C@](C#N)(CO)[C@@H](O)[C@H]1O. The molecule has 1 aliphatic heterocycles. The van der Waals surface area contributed by atoms with Crippen LogP contribution in [-0.2, 0) is 10.5 Å². The van der Waals surface area contributed by atoms with Crippen molar-refractivity contribution in [2.75, 3.05) is 12.1 Å². The zero-order valence-corrected chi connectivity index (χ0v) is 11.0. The van der Waals surface area contributed by atoms with Gasteiger partial charge in [-0.15, -0.1) is 0 Å². The molecule has 1 aliphatic rings. The van der Waals surface area contributed by atoms with Gasteiger partial charge in [0, 0.05) is 12.3 Å². The number of rotatable bonds is 3. The number of ether oxygens (including phenoxy) is 1. The van der Waals surface area contributed by atoms with E-state index in [0.29, 0.717) is 0 Å². The average Bonchev–Trinajstić information content (AvgIpc) is 2.69. The molecule has 2 heterocycles. The van der Waals surface area contributed by atoms with Crippen molar-refractivity contribution in [2.45, 2.75) is 30.5 Å². The van der Waals surface area contributed by atoms with E-state index in [1.54, 1.807) is 11.5 Å². The number of aliphatic hydroxyl groups is 3. The maximum absolute atomic E-state index is 11.2. The van der Waals surface area contributed by atoms with E-state index in [4.69, 9.17) is 15.2 Å². The van der Waals surface area contributed by atoms with E-state index in [-0.39, 0.29) is 5.95 Å². The van der Waals surface area contributed by atoms with Crippen LogP contribution in [0.2, 0.25) is 0 Å². The quantitative estimate of drug-likeness (QED) is 0.387. The molecule has 5 N–H and O–H groups in total. The number of aliphatic hydroxyl groups excluding tert-OH is 3. The molecule has 4 atom stereocenters. The Kier molecular flexibility index (Phi) is 3.70. The predicted molar refractivity (Wildman–Crippen MR) is 66.1 cm³/mol. The van der Waals surface area contributed by atoms with E-state index >= 15 is 0 Å². The van der Waals surface area contributed by atoms with E-state index in [0.717, 1.165) is 16.8 Å². The Morgan fingerprint density at radius 2 is 2.24 bits per heavy atom. The lowest BCUT2D eigenvalue weighted by molar-refractivity contribution is -0.157. The molecular formula is C11H14N4O6. The minimum absolute atomic E-state index is 0.358. The molecular weight excluding hydrogens is 284 g/mol. The van der Waals surface area contributed by atoms with Crippen LogP contribution >= 0.6 is 0 Å². The summed E-state index contributed by atoms with van der Waals surface area (Å²) < 4.78 is 6.43. The average molecular weight is 298 g/mol. The zero-order chi connectivity index (χ0) is 15.8. The Hall–Kier alpha value is -2.03. The smallest absolute Gasteiger partial charge is 0.274 e. The standard InChI is InChI=1S/C11H14N4O6/c1-10(15-3-2-6(17)13-9(15)14-20)7(18)8(19)11(4-12,5-16)21-10/h2-3,7-8,16,18-20H,5H2,1H3,(H,13,14,17)/t7-,8+,10-,11-/m1/s1. The first-order chi connectivity index (χ1) is 9.84. The number of hydrogen-bond acceptors (Lipinski definition) is 9. The second-order valence-electron chi connectivity index (χ2n) is 4.78. The molecule has 1 saturated heterocycles. The van der Waals surface area contributed by atoms with Crippen molar-refractivity contribution in [3.63, 3.8) is 0 Å². The van der Waals surface area contributed by atoms with Gasteiger partial charge in [-0.2, -0.15) is 10.2 Å². The van der Waals surface area contributed by atoms with Gasteiger partial charge in [0.2, 0.25) is 11.5 Å². The first-order valence-corrected chi connectivity index (χ1v) is 5.93. The zero-order valence-electron chi connectivity index (χ0n) is 11.0. The number of nitrogens with zero attached hydrogens (tertiary/aromatic N) is 3. The third kappa shape index (κ3) is 2.08. The van der Waals surface area contributed by atoms with E-state index in [9.17, 15) is 20.1 Å². The fourth-order valence-corrected chi connectivity index (χ4v) is 2.32. The van der Waals surface area contributed by atoms with Crippen LogP contribution in [0.25, 0.3) is 0 Å². The van der Waals surface area contributed by atoms with Crippen molar-refractivity contribution in [2.24, 2.45) is 0 Å². The van der Waals surface area contributed by atoms with Gasteiger partial charge in [0.05, 0.1) is 6.61 Å². The lowest BCUT2D eigenvalue weighted by atomic mass is 9.95. The number of anilines is 1. The molecule has 10 nitrogen and oxygen atoms in total. The van der Waals surface area contributed by atoms with Crippen LogP contribution in [0.4, 0.5) is 5.95 Å². The fourth-order valence-electron chi connectivity index (χ4n) is 2.32. The summed E-state index contributed by atoms with van der Waals surface area (Å²) in [5.41, 5.74) is -2.77. The van der Waals surface area contributed by atoms with Crippen molar-refractivity contribution in [3.05, 3.63) is 22.6 Å². The Balaban J connectivity index is 2.58. The van der Waals surface area contributed by atoms with Gasteiger partial charge in [-0.25, -0.2) is 5.48 Å². The summed E-state index contributed by atoms with van der Waals surface area (Å²) in [6, 6.07) is 2.66. The normalized spacial score (nSPS) is 35.4. The van der Waals surface area contributed by atoms with E-state index in [1.807, 2.05) is 0 Å². The number of hydrogen-bond donors (Lipinski definition) is 5. The molecule has 0 saturated carbocycles. The first-order valence-electron chi connectivity index (χ1n) is 5.93. The highest BCUT2D eigenvalue weighted by Crippen LogP contribution is 2.42. The van der Waals surface area contributed by atoms with Gasteiger partial charge in [-0.1, -0.05) is 0 Å². The van der Waals surface area contributed by atoms with Gasteiger partial charge in [-0.05, 0) is 6.92 Å². The maximum atomic E-state index is 11.2. The van der Waals surface area contributed by atoms with Crippen LogP contribution in [0.3, 0.4) is 0 Å². The summed E-state index contributed by atoms with van der Waals surface area (Å²) in [5.74, 6) is -0.358. The summed E-state index contributed by atoms with van der Waals surface area (Å²) in [6.07, 6.45) is -2.17. The highest BCUT2D eigenvalue weighted by Gasteiger charge is 2.62. The molecule has 0 aliphatic carbocycles. The van der Waals surface area contributed by atoms with Crippen molar-refractivity contribution < 1.29 is 25.3 Å². The molecule has 21 heavy (non-hydrogen) atoms. The minimum Gasteiger partial charge on any atom is -0.392 e. The summed E-state index contributed by atoms with van der Waals surface area (Å²) in [4.78, 5) is 14.7. The molecule has 114 valence electrons. The van der Waals surface area contributed by atoms with Crippen LogP contribution < -0.4 is 11.0 Å². The second-order valence-corrected chi connectivity index (χ2v) is 4.78. The Labute approximate surface area is 118 Å². The molecule has 0 unspecified atom stereocenters. The predicted octanol–water partition coefficient (Wildman–Crippen LogP) is -2.28. The van der Waals surface area contributed by atoms with E-state index in [2.05, 4.69) is 4.98 Å². The molecule has 0 bridgehead atoms. The molecule has 1 aromatic heterocycles. The summed E-state index contributed by atoms with van der Waals surface area (Å²) in [7, 11) is 0. The molecule has 2 rings (SSSR count). The van der Waals surface area contributed by atoms with Gasteiger partial charge >= 0.3 is 0 Å². The third-order valence-corrected chi connectivity index (χ3v) is 3.53. The van der Waals surface area contributed by atoms with E-state index < -0.39 is 35.7 Å². The topological polar surface area (TPSA) is 161 Å². The summed E-state index contributed by atoms with van der Waals surface area (Å²) >= 11 is 0. The number of aromatic nitrogens is 2. The van der Waals surface area contributed by atoms with Crippen molar-refractivity contribution in [3.8, 4) is 6.07 Å². The molecule has 0 radical (unpaired) electrons. The van der Waals surface area contributed by atoms with Gasteiger partial charge in [0.15, 0.2) is 5.72 Å². The third-order valence-electron chi connectivity index (χ3n) is 3.53. The summed E-state index contributed by atoms with van der Waals surface area (Å²) in [5, 5.41) is 47.6. The van der Waals surface area contributed by atoms with Gasteiger partial charge in [-0.3, -0.25) is 14.6 Å². The highest BCUT2D eigenvalue weighted by molar-refractivity contribution is 5.26. The lowest BCUT2D eigenvalue weighted by Crippen LogP contribution is -2.45. The molecule has 0 spiro atoms. The second kappa shape index (κ2) is 5.06. The Morgan fingerprint density at radius 1 is 1.57 bits per heavy atom. The van der Waals surface area contributed by atoms with Crippen LogP contribution in [0.15, 0.2) is 17.1 Å². The van der Waals surface area contributed by atoms with Crippen molar-refractivity contribution in [1.29, 1.82) is 5.26 Å².